The predicted octanol–water partition coefficient (Wildman–Crippen LogP) is 0.648. The van der Waals surface area contributed by atoms with Crippen LogP contribution in [0, 0.1) is 10.1 Å². The number of carbonyl (C=O) groups is 1. The molecule has 0 aromatic heterocycles. The van der Waals surface area contributed by atoms with Crippen LogP contribution in [0.15, 0.2) is 18.2 Å². The van der Waals surface area contributed by atoms with Gasteiger partial charge in [0.2, 0.25) is 0 Å². The molecule has 0 spiro atoms. The molecule has 0 aliphatic heterocycles. The minimum atomic E-state index is -0.556. The van der Waals surface area contributed by atoms with Crippen LogP contribution in [0.4, 0.5) is 5.69 Å². The molecule has 0 fully saturated rings. The molecule has 1 amide bonds. The fourth-order valence-corrected chi connectivity index (χ4v) is 2.22. The molecule has 1 aromatic rings. The fourth-order valence-electron chi connectivity index (χ4n) is 2.22. The smallest absolute Gasteiger partial charge is 0.311 e. The fraction of sp³-hybridized carbons (Fsp3) is 0.533. The van der Waals surface area contributed by atoms with E-state index in [4.69, 9.17) is 4.74 Å². The van der Waals surface area contributed by atoms with Gasteiger partial charge in [-0.3, -0.25) is 14.9 Å². The summed E-state index contributed by atoms with van der Waals surface area (Å²) in [6.45, 7) is 7.95. The summed E-state index contributed by atoms with van der Waals surface area (Å²) in [5, 5.41) is 13.7. The van der Waals surface area contributed by atoms with E-state index >= 15 is 0 Å². The lowest BCUT2D eigenvalue weighted by Crippen LogP contribution is -3.11. The van der Waals surface area contributed by atoms with Crippen LogP contribution in [0.2, 0.25) is 0 Å². The molecule has 0 bridgehead atoms. The largest absolute Gasteiger partial charge is 0.490 e. The van der Waals surface area contributed by atoms with Gasteiger partial charge >= 0.3 is 5.69 Å². The van der Waals surface area contributed by atoms with Gasteiger partial charge in [-0.25, -0.2) is 0 Å². The molecule has 0 aliphatic rings. The van der Waals surface area contributed by atoms with E-state index in [1.165, 1.54) is 30.2 Å². The van der Waals surface area contributed by atoms with E-state index in [1.54, 1.807) is 0 Å². The Balaban J connectivity index is 2.59. The van der Waals surface area contributed by atoms with E-state index in [1.807, 2.05) is 0 Å². The third-order valence-electron chi connectivity index (χ3n) is 3.63. The second kappa shape index (κ2) is 8.99. The third-order valence-corrected chi connectivity index (χ3v) is 3.63. The highest BCUT2D eigenvalue weighted by atomic mass is 16.6. The van der Waals surface area contributed by atoms with Crippen molar-refractivity contribution >= 4 is 11.6 Å². The highest BCUT2D eigenvalue weighted by molar-refractivity contribution is 5.95. The first-order valence-corrected chi connectivity index (χ1v) is 7.47. The molecule has 0 heterocycles. The maximum Gasteiger partial charge on any atom is 0.311 e. The van der Waals surface area contributed by atoms with E-state index in [9.17, 15) is 14.9 Å². The monoisotopic (exact) mass is 310 g/mol. The van der Waals surface area contributed by atoms with Crippen molar-refractivity contribution in [3.05, 3.63) is 33.9 Å². The van der Waals surface area contributed by atoms with Gasteiger partial charge in [0, 0.05) is 24.6 Å². The van der Waals surface area contributed by atoms with Gasteiger partial charge in [-0.2, -0.15) is 0 Å². The number of nitrogens with one attached hydrogen (secondary N) is 2. The molecule has 7 nitrogen and oxygen atoms in total. The number of nitro groups is 1. The van der Waals surface area contributed by atoms with Gasteiger partial charge in [0.1, 0.15) is 0 Å². The lowest BCUT2D eigenvalue weighted by atomic mass is 10.1. The lowest BCUT2D eigenvalue weighted by molar-refractivity contribution is -0.896. The lowest BCUT2D eigenvalue weighted by Gasteiger charge is -2.15. The molecule has 122 valence electrons. The molecule has 0 aliphatic carbocycles. The summed E-state index contributed by atoms with van der Waals surface area (Å²) in [5.41, 5.74) is 0.0606. The summed E-state index contributed by atoms with van der Waals surface area (Å²) in [6.07, 6.45) is 0.876. The van der Waals surface area contributed by atoms with Crippen molar-refractivity contribution in [1.82, 2.24) is 5.32 Å². The van der Waals surface area contributed by atoms with Crippen LogP contribution in [0.3, 0.4) is 0 Å². The van der Waals surface area contributed by atoms with Crippen LogP contribution in [0.1, 0.15) is 30.6 Å². The number of hydrogen-bond donors (Lipinski definition) is 2. The van der Waals surface area contributed by atoms with E-state index in [0.29, 0.717) is 6.54 Å². The molecule has 2 N–H and O–H groups in total. The summed E-state index contributed by atoms with van der Waals surface area (Å²) < 4.78 is 4.91. The van der Waals surface area contributed by atoms with Crippen molar-refractivity contribution in [3.63, 3.8) is 0 Å². The quantitative estimate of drug-likeness (QED) is 0.398. The SMILES string of the molecule is CC[NH+](CC)CCCNC(=O)c1ccc(OC)c([N+](=O)[O-])c1. The third kappa shape index (κ3) is 5.00. The number of rotatable bonds is 9. The zero-order valence-electron chi connectivity index (χ0n) is 13.3. The van der Waals surface area contributed by atoms with Crippen LogP contribution < -0.4 is 15.0 Å². The maximum atomic E-state index is 12.0. The topological polar surface area (TPSA) is 85.9 Å². The molecule has 0 saturated heterocycles. The van der Waals surface area contributed by atoms with Gasteiger partial charge in [0.15, 0.2) is 5.75 Å². The minimum absolute atomic E-state index is 0.145. The van der Waals surface area contributed by atoms with Crippen molar-refractivity contribution in [2.24, 2.45) is 0 Å². The van der Waals surface area contributed by atoms with Gasteiger partial charge in [-0.05, 0) is 26.0 Å². The normalized spacial score (nSPS) is 10.5. The van der Waals surface area contributed by atoms with Gasteiger partial charge in [-0.15, -0.1) is 0 Å². The van der Waals surface area contributed by atoms with Crippen molar-refractivity contribution in [2.45, 2.75) is 20.3 Å². The predicted molar refractivity (Wildman–Crippen MR) is 83.5 cm³/mol. The standard InChI is InChI=1S/C15H23N3O4/c1-4-17(5-2)10-6-9-16-15(19)12-7-8-14(22-3)13(11-12)18(20)21/h7-8,11H,4-6,9-10H2,1-3H3,(H,16,19)/p+1. The van der Waals surface area contributed by atoms with Crippen LogP contribution in [0.5, 0.6) is 5.75 Å². The number of amides is 1. The second-order valence-electron chi connectivity index (χ2n) is 4.96. The number of hydrogen-bond acceptors (Lipinski definition) is 4. The average Bonchev–Trinajstić information content (AvgIpc) is 2.54. The first-order valence-electron chi connectivity index (χ1n) is 7.47. The van der Waals surface area contributed by atoms with E-state index in [0.717, 1.165) is 26.1 Å². The molecule has 0 radical (unpaired) electrons. The van der Waals surface area contributed by atoms with Crippen molar-refractivity contribution in [1.29, 1.82) is 0 Å². The average molecular weight is 310 g/mol. The van der Waals surface area contributed by atoms with Gasteiger partial charge in [0.25, 0.3) is 5.91 Å². The number of quaternary nitrogens is 1. The molecule has 22 heavy (non-hydrogen) atoms. The highest BCUT2D eigenvalue weighted by Gasteiger charge is 2.18. The molecular formula is C15H24N3O4+. The summed E-state index contributed by atoms with van der Waals surface area (Å²) in [6, 6.07) is 4.20. The van der Waals surface area contributed by atoms with Crippen LogP contribution >= 0.6 is 0 Å². The molecule has 0 saturated carbocycles. The Morgan fingerprint density at radius 2 is 2.05 bits per heavy atom. The van der Waals surface area contributed by atoms with Crippen molar-refractivity contribution in [3.8, 4) is 5.75 Å². The zero-order chi connectivity index (χ0) is 16.5. The van der Waals surface area contributed by atoms with Crippen LogP contribution in [-0.2, 0) is 0 Å². The summed E-state index contributed by atoms with van der Waals surface area (Å²) in [4.78, 5) is 23.9. The molecule has 7 heteroatoms. The number of methoxy groups -OCH3 is 1. The molecule has 1 aromatic carbocycles. The number of ether oxygens (including phenoxy) is 1. The number of nitro benzene ring substituents is 1. The Kier molecular flexibility index (Phi) is 7.31. The molecule has 1 rings (SSSR count). The first-order chi connectivity index (χ1) is 10.5. The van der Waals surface area contributed by atoms with Gasteiger partial charge in [0.05, 0.1) is 31.7 Å². The Morgan fingerprint density at radius 3 is 2.59 bits per heavy atom. The number of nitrogens with zero attached hydrogens (tertiary/aromatic N) is 1. The second-order valence-corrected chi connectivity index (χ2v) is 4.96. The van der Waals surface area contributed by atoms with E-state index < -0.39 is 4.92 Å². The highest BCUT2D eigenvalue weighted by Crippen LogP contribution is 2.27. The zero-order valence-corrected chi connectivity index (χ0v) is 13.3. The van der Waals surface area contributed by atoms with Crippen molar-refractivity contribution in [2.75, 3.05) is 33.3 Å². The Morgan fingerprint density at radius 1 is 1.36 bits per heavy atom. The van der Waals surface area contributed by atoms with Crippen molar-refractivity contribution < 1.29 is 19.4 Å². The van der Waals surface area contributed by atoms with Gasteiger partial charge in [-0.1, -0.05) is 0 Å². The van der Waals surface area contributed by atoms with E-state index in [-0.39, 0.29) is 22.9 Å². The summed E-state index contributed by atoms with van der Waals surface area (Å²) in [7, 11) is 1.36. The minimum Gasteiger partial charge on any atom is -0.490 e. The number of carbonyl (C=O) groups excluding carboxylic acids is 1. The molecule has 0 unspecified atom stereocenters. The Hall–Kier alpha value is -2.15. The maximum absolute atomic E-state index is 12.0. The molecule has 0 atom stereocenters. The first kappa shape index (κ1) is 17.9. The van der Waals surface area contributed by atoms with Gasteiger partial charge < -0.3 is 15.0 Å². The summed E-state index contributed by atoms with van der Waals surface area (Å²) in [5.74, 6) is -0.160. The van der Waals surface area contributed by atoms with E-state index in [2.05, 4.69) is 19.2 Å². The van der Waals surface area contributed by atoms with Crippen LogP contribution in [0.25, 0.3) is 0 Å². The number of benzene rings is 1. The van der Waals surface area contributed by atoms with Crippen LogP contribution in [-0.4, -0.2) is 44.1 Å². The Bertz CT molecular complexity index is 516. The Labute approximate surface area is 130 Å². The molecular weight excluding hydrogens is 286 g/mol. The summed E-state index contributed by atoms with van der Waals surface area (Å²) >= 11 is 0.